The second kappa shape index (κ2) is 14.0. The second-order valence-electron chi connectivity index (χ2n) is 9.64. The summed E-state index contributed by atoms with van der Waals surface area (Å²) in [5.41, 5.74) is 4.28. The van der Waals surface area contributed by atoms with Crippen LogP contribution in [0, 0.1) is 6.92 Å². The number of hydrogen-bond acceptors (Lipinski definition) is 3. The first-order valence-electron chi connectivity index (χ1n) is 12.9. The van der Waals surface area contributed by atoms with Crippen molar-refractivity contribution in [3.05, 3.63) is 99.5 Å². The SMILES string of the molecule is CCCNC(=O)C(Cc1ccccc1)N(Cc1ccc(C)cc1)C(=O)COc1ccc(C(C)C)cc1Br. The number of carbonyl (C=O) groups excluding carboxylic acids is 2. The van der Waals surface area contributed by atoms with Crippen LogP contribution in [0.4, 0.5) is 0 Å². The molecular formula is C31H37BrN2O3. The number of hydrogen-bond donors (Lipinski definition) is 1. The number of carbonyl (C=O) groups is 2. The number of aryl methyl sites for hydroxylation is 1. The van der Waals surface area contributed by atoms with Crippen molar-refractivity contribution in [2.45, 2.75) is 59.0 Å². The van der Waals surface area contributed by atoms with Gasteiger partial charge in [-0.05, 0) is 64.0 Å². The first kappa shape index (κ1) is 28.5. The lowest BCUT2D eigenvalue weighted by atomic mass is 10.0. The summed E-state index contributed by atoms with van der Waals surface area (Å²) in [6.45, 7) is 9.00. The van der Waals surface area contributed by atoms with E-state index in [9.17, 15) is 9.59 Å². The van der Waals surface area contributed by atoms with Crippen LogP contribution in [-0.4, -0.2) is 35.9 Å². The number of rotatable bonds is 12. The van der Waals surface area contributed by atoms with E-state index in [2.05, 4.69) is 35.1 Å². The van der Waals surface area contributed by atoms with E-state index in [4.69, 9.17) is 4.74 Å². The molecule has 0 aliphatic heterocycles. The third kappa shape index (κ3) is 8.46. The molecule has 1 N–H and O–H groups in total. The summed E-state index contributed by atoms with van der Waals surface area (Å²) in [7, 11) is 0. The van der Waals surface area contributed by atoms with Crippen molar-refractivity contribution in [3.63, 3.8) is 0 Å². The molecule has 0 heterocycles. The first-order valence-corrected chi connectivity index (χ1v) is 13.7. The molecule has 0 fully saturated rings. The predicted octanol–water partition coefficient (Wildman–Crippen LogP) is 6.43. The molecule has 0 spiro atoms. The minimum Gasteiger partial charge on any atom is -0.483 e. The van der Waals surface area contributed by atoms with Crippen molar-refractivity contribution < 1.29 is 14.3 Å². The number of nitrogens with one attached hydrogen (secondary N) is 1. The third-order valence-corrected chi connectivity index (χ3v) is 6.89. The minimum atomic E-state index is -0.668. The molecule has 1 atom stereocenters. The average molecular weight is 566 g/mol. The average Bonchev–Trinajstić information content (AvgIpc) is 2.90. The van der Waals surface area contributed by atoms with Crippen molar-refractivity contribution in [1.29, 1.82) is 0 Å². The van der Waals surface area contributed by atoms with Crippen LogP contribution in [0.3, 0.4) is 0 Å². The number of amides is 2. The molecule has 0 aromatic heterocycles. The van der Waals surface area contributed by atoms with Crippen molar-refractivity contribution in [2.75, 3.05) is 13.2 Å². The largest absolute Gasteiger partial charge is 0.483 e. The topological polar surface area (TPSA) is 58.6 Å². The highest BCUT2D eigenvalue weighted by atomic mass is 79.9. The fraction of sp³-hybridized carbons (Fsp3) is 0.355. The van der Waals surface area contributed by atoms with Gasteiger partial charge in [0.05, 0.1) is 4.47 Å². The first-order chi connectivity index (χ1) is 17.8. The summed E-state index contributed by atoms with van der Waals surface area (Å²) < 4.78 is 6.77. The van der Waals surface area contributed by atoms with Gasteiger partial charge in [0.25, 0.3) is 5.91 Å². The Kier molecular flexibility index (Phi) is 10.8. The molecule has 0 saturated carbocycles. The van der Waals surface area contributed by atoms with Gasteiger partial charge < -0.3 is 15.0 Å². The number of benzene rings is 3. The molecule has 2 amide bonds. The molecule has 3 aromatic rings. The Morgan fingerprint density at radius 1 is 0.973 bits per heavy atom. The molecule has 0 aliphatic rings. The van der Waals surface area contributed by atoms with E-state index < -0.39 is 6.04 Å². The van der Waals surface area contributed by atoms with Gasteiger partial charge in [-0.2, -0.15) is 0 Å². The number of nitrogens with zero attached hydrogens (tertiary/aromatic N) is 1. The Balaban J connectivity index is 1.88. The summed E-state index contributed by atoms with van der Waals surface area (Å²) >= 11 is 3.57. The molecule has 6 heteroatoms. The van der Waals surface area contributed by atoms with E-state index in [1.807, 2.05) is 86.6 Å². The standard InChI is InChI=1S/C31H37BrN2O3/c1-5-17-33-31(36)28(18-24-9-7-6-8-10-24)34(20-25-13-11-23(4)12-14-25)30(35)21-37-29-16-15-26(22(2)3)19-27(29)32/h6-16,19,22,28H,5,17-18,20-21H2,1-4H3,(H,33,36). The molecule has 3 aromatic carbocycles. The van der Waals surface area contributed by atoms with Crippen molar-refractivity contribution >= 4 is 27.7 Å². The molecule has 0 bridgehead atoms. The zero-order valence-corrected chi connectivity index (χ0v) is 23.8. The summed E-state index contributed by atoms with van der Waals surface area (Å²) in [5.74, 6) is 0.585. The molecule has 0 saturated heterocycles. The predicted molar refractivity (Wildman–Crippen MR) is 153 cm³/mol. The van der Waals surface area contributed by atoms with Crippen LogP contribution in [0.2, 0.25) is 0 Å². The van der Waals surface area contributed by atoms with Crippen LogP contribution in [0.1, 0.15) is 55.4 Å². The zero-order chi connectivity index (χ0) is 26.8. The van der Waals surface area contributed by atoms with E-state index >= 15 is 0 Å². The monoisotopic (exact) mass is 564 g/mol. The summed E-state index contributed by atoms with van der Waals surface area (Å²) in [4.78, 5) is 28.7. The van der Waals surface area contributed by atoms with Crippen LogP contribution >= 0.6 is 15.9 Å². The lowest BCUT2D eigenvalue weighted by molar-refractivity contribution is -0.142. The Hall–Kier alpha value is -3.12. The lowest BCUT2D eigenvalue weighted by Gasteiger charge is -2.31. The highest BCUT2D eigenvalue weighted by Crippen LogP contribution is 2.29. The molecule has 37 heavy (non-hydrogen) atoms. The van der Waals surface area contributed by atoms with Crippen molar-refractivity contribution in [1.82, 2.24) is 10.2 Å². The fourth-order valence-electron chi connectivity index (χ4n) is 4.03. The number of halogens is 1. The van der Waals surface area contributed by atoms with Gasteiger partial charge in [0.2, 0.25) is 5.91 Å². The highest BCUT2D eigenvalue weighted by Gasteiger charge is 2.30. The zero-order valence-electron chi connectivity index (χ0n) is 22.2. The molecule has 5 nitrogen and oxygen atoms in total. The van der Waals surface area contributed by atoms with Gasteiger partial charge in [-0.3, -0.25) is 9.59 Å². The maximum absolute atomic E-state index is 13.7. The van der Waals surface area contributed by atoms with Crippen molar-refractivity contribution in [3.8, 4) is 5.75 Å². The Morgan fingerprint density at radius 3 is 2.30 bits per heavy atom. The maximum atomic E-state index is 13.7. The van der Waals surface area contributed by atoms with Gasteiger partial charge in [-0.25, -0.2) is 0 Å². The molecule has 0 radical (unpaired) electrons. The van der Waals surface area contributed by atoms with Gasteiger partial charge in [0.15, 0.2) is 6.61 Å². The maximum Gasteiger partial charge on any atom is 0.261 e. The van der Waals surface area contributed by atoms with Gasteiger partial charge in [-0.15, -0.1) is 0 Å². The summed E-state index contributed by atoms with van der Waals surface area (Å²) in [6, 6.07) is 23.1. The van der Waals surface area contributed by atoms with Crippen LogP contribution in [0.5, 0.6) is 5.75 Å². The summed E-state index contributed by atoms with van der Waals surface area (Å²) in [5, 5.41) is 3.00. The van der Waals surface area contributed by atoms with Crippen LogP contribution in [0.25, 0.3) is 0 Å². The fourth-order valence-corrected chi connectivity index (χ4v) is 4.54. The van der Waals surface area contributed by atoms with Crippen LogP contribution in [-0.2, 0) is 22.6 Å². The Labute approximate surface area is 229 Å². The molecule has 196 valence electrons. The van der Waals surface area contributed by atoms with Gasteiger partial charge in [-0.1, -0.05) is 87.0 Å². The third-order valence-electron chi connectivity index (χ3n) is 6.27. The smallest absolute Gasteiger partial charge is 0.261 e. The normalized spacial score (nSPS) is 11.7. The van der Waals surface area contributed by atoms with Crippen LogP contribution < -0.4 is 10.1 Å². The lowest BCUT2D eigenvalue weighted by Crippen LogP contribution is -2.51. The summed E-state index contributed by atoms with van der Waals surface area (Å²) in [6.07, 6.45) is 1.24. The number of ether oxygens (including phenoxy) is 1. The Morgan fingerprint density at radius 2 is 1.68 bits per heavy atom. The molecule has 3 rings (SSSR count). The van der Waals surface area contributed by atoms with E-state index in [1.54, 1.807) is 4.90 Å². The molecule has 0 aliphatic carbocycles. The van der Waals surface area contributed by atoms with E-state index in [-0.39, 0.29) is 18.4 Å². The quantitative estimate of drug-likeness (QED) is 0.276. The van der Waals surface area contributed by atoms with Crippen molar-refractivity contribution in [2.24, 2.45) is 0 Å². The van der Waals surface area contributed by atoms with E-state index in [1.165, 1.54) is 5.56 Å². The molecular weight excluding hydrogens is 528 g/mol. The van der Waals surface area contributed by atoms with Crippen LogP contribution in [0.15, 0.2) is 77.3 Å². The Bertz CT molecular complexity index is 1160. The van der Waals surface area contributed by atoms with E-state index in [0.29, 0.717) is 31.2 Å². The van der Waals surface area contributed by atoms with E-state index in [0.717, 1.165) is 27.6 Å². The minimum absolute atomic E-state index is 0.159. The second-order valence-corrected chi connectivity index (χ2v) is 10.5. The van der Waals surface area contributed by atoms with Gasteiger partial charge >= 0.3 is 0 Å². The van der Waals surface area contributed by atoms with Gasteiger partial charge in [0, 0.05) is 19.5 Å². The molecule has 1 unspecified atom stereocenters. The highest BCUT2D eigenvalue weighted by molar-refractivity contribution is 9.10. The van der Waals surface area contributed by atoms with Gasteiger partial charge in [0.1, 0.15) is 11.8 Å².